The lowest BCUT2D eigenvalue weighted by Crippen LogP contribution is -2.38. The first-order chi connectivity index (χ1) is 15.5. The Balaban J connectivity index is 1.20. The summed E-state index contributed by atoms with van der Waals surface area (Å²) in [5, 5.41) is 4.24. The minimum absolute atomic E-state index is 0.00922. The quantitative estimate of drug-likeness (QED) is 0.510. The van der Waals surface area contributed by atoms with E-state index in [1.54, 1.807) is 24.3 Å². The number of aromatic nitrogens is 1. The minimum Gasteiger partial charge on any atom is -0.347 e. The standard InChI is InChI=1S/C28H27FN2O/c1-2-19-3-9-22(10-4-19)27(32)31-28(14-15-28)18-20-5-7-21(8-6-20)24-13-16-30-26-12-11-23(29)17-25(24)26/h1,3-4,9-13,16-17,20-21H,5-8,14-15,18H2,(H,31,32). The number of hydrogen-bond donors (Lipinski definition) is 1. The summed E-state index contributed by atoms with van der Waals surface area (Å²) in [6.07, 6.45) is 14.8. The number of benzene rings is 2. The molecule has 4 heteroatoms. The van der Waals surface area contributed by atoms with E-state index >= 15 is 0 Å². The lowest BCUT2D eigenvalue weighted by molar-refractivity contribution is 0.0921. The molecule has 2 aromatic carbocycles. The number of rotatable bonds is 5. The van der Waals surface area contributed by atoms with E-state index in [0.29, 0.717) is 17.4 Å². The van der Waals surface area contributed by atoms with Crippen LogP contribution in [0.2, 0.25) is 0 Å². The maximum Gasteiger partial charge on any atom is 0.251 e. The van der Waals surface area contributed by atoms with Crippen LogP contribution in [0, 0.1) is 24.1 Å². The zero-order chi connectivity index (χ0) is 22.1. The molecule has 1 heterocycles. The molecule has 0 bridgehead atoms. The zero-order valence-electron chi connectivity index (χ0n) is 18.1. The molecule has 2 fully saturated rings. The van der Waals surface area contributed by atoms with Gasteiger partial charge in [-0.2, -0.15) is 0 Å². The fourth-order valence-corrected chi connectivity index (χ4v) is 5.29. The van der Waals surface area contributed by atoms with Crippen molar-refractivity contribution < 1.29 is 9.18 Å². The first-order valence-electron chi connectivity index (χ1n) is 11.5. The highest BCUT2D eigenvalue weighted by atomic mass is 19.1. The molecule has 0 unspecified atom stereocenters. The Kier molecular flexibility index (Phi) is 5.43. The summed E-state index contributed by atoms with van der Waals surface area (Å²) in [5.74, 6) is 3.42. The fourth-order valence-electron chi connectivity index (χ4n) is 5.29. The maximum atomic E-state index is 13.8. The molecular weight excluding hydrogens is 399 g/mol. The number of pyridine rings is 1. The Labute approximate surface area is 188 Å². The van der Waals surface area contributed by atoms with Crippen LogP contribution in [0.1, 0.15) is 72.3 Å². The van der Waals surface area contributed by atoms with Crippen molar-refractivity contribution in [2.24, 2.45) is 5.92 Å². The molecule has 1 amide bonds. The highest BCUT2D eigenvalue weighted by Crippen LogP contribution is 2.47. The highest BCUT2D eigenvalue weighted by molar-refractivity contribution is 5.95. The van der Waals surface area contributed by atoms with Crippen LogP contribution >= 0.6 is 0 Å². The predicted octanol–water partition coefficient (Wildman–Crippen LogP) is 5.98. The molecule has 162 valence electrons. The SMILES string of the molecule is C#Cc1ccc(C(=O)NC2(CC3CCC(c4ccnc5ccc(F)cc45)CC3)CC2)cc1. The topological polar surface area (TPSA) is 42.0 Å². The van der Waals surface area contributed by atoms with Gasteiger partial charge in [-0.3, -0.25) is 9.78 Å². The van der Waals surface area contributed by atoms with Crippen molar-refractivity contribution in [3.63, 3.8) is 0 Å². The average molecular weight is 427 g/mol. The van der Waals surface area contributed by atoms with Crippen LogP contribution < -0.4 is 5.32 Å². The molecule has 0 saturated heterocycles. The highest BCUT2D eigenvalue weighted by Gasteiger charge is 2.45. The Bertz CT molecular complexity index is 1180. The van der Waals surface area contributed by atoms with Gasteiger partial charge < -0.3 is 5.32 Å². The molecular formula is C28H27FN2O. The van der Waals surface area contributed by atoms with Gasteiger partial charge in [0.2, 0.25) is 0 Å². The lowest BCUT2D eigenvalue weighted by Gasteiger charge is -2.32. The third-order valence-corrected chi connectivity index (χ3v) is 7.25. The number of carbonyl (C=O) groups excluding carboxylic acids is 1. The Hall–Kier alpha value is -3.19. The van der Waals surface area contributed by atoms with Crippen LogP contribution in [-0.2, 0) is 0 Å². The number of carbonyl (C=O) groups is 1. The summed E-state index contributed by atoms with van der Waals surface area (Å²) in [4.78, 5) is 17.1. The monoisotopic (exact) mass is 426 g/mol. The summed E-state index contributed by atoms with van der Waals surface area (Å²) in [6, 6.07) is 14.1. The van der Waals surface area contributed by atoms with Crippen LogP contribution in [0.15, 0.2) is 54.7 Å². The van der Waals surface area contributed by atoms with E-state index in [2.05, 4.69) is 22.3 Å². The molecule has 1 N–H and O–H groups in total. The van der Waals surface area contributed by atoms with Crippen molar-refractivity contribution >= 4 is 16.8 Å². The third-order valence-electron chi connectivity index (χ3n) is 7.25. The molecule has 0 spiro atoms. The van der Waals surface area contributed by atoms with E-state index in [4.69, 9.17) is 6.42 Å². The van der Waals surface area contributed by atoms with Gasteiger partial charge in [0.25, 0.3) is 5.91 Å². The summed E-state index contributed by atoms with van der Waals surface area (Å²) in [5.41, 5.74) is 3.48. The third kappa shape index (κ3) is 4.25. The maximum absolute atomic E-state index is 13.8. The van der Waals surface area contributed by atoms with Crippen molar-refractivity contribution in [3.8, 4) is 12.3 Å². The second-order valence-corrected chi connectivity index (χ2v) is 9.44. The van der Waals surface area contributed by atoms with Gasteiger partial charge >= 0.3 is 0 Å². The molecule has 0 radical (unpaired) electrons. The summed E-state index contributed by atoms with van der Waals surface area (Å²) in [7, 11) is 0. The molecule has 1 aromatic heterocycles. The van der Waals surface area contributed by atoms with Gasteiger partial charge in [-0.15, -0.1) is 6.42 Å². The van der Waals surface area contributed by atoms with E-state index in [0.717, 1.165) is 61.4 Å². The van der Waals surface area contributed by atoms with E-state index in [9.17, 15) is 9.18 Å². The number of terminal acetylenes is 1. The van der Waals surface area contributed by atoms with Crippen molar-refractivity contribution in [1.29, 1.82) is 0 Å². The Morgan fingerprint density at radius 2 is 1.84 bits per heavy atom. The molecule has 32 heavy (non-hydrogen) atoms. The molecule has 5 rings (SSSR count). The van der Waals surface area contributed by atoms with Gasteiger partial charge in [0, 0.05) is 28.2 Å². The second kappa shape index (κ2) is 8.39. The average Bonchev–Trinajstić information content (AvgIpc) is 3.58. The molecule has 3 nitrogen and oxygen atoms in total. The van der Waals surface area contributed by atoms with Crippen LogP contribution in [0.3, 0.4) is 0 Å². The van der Waals surface area contributed by atoms with E-state index in [1.165, 1.54) is 11.6 Å². The molecule has 2 saturated carbocycles. The molecule has 2 aliphatic carbocycles. The van der Waals surface area contributed by atoms with Gasteiger partial charge in [0.1, 0.15) is 5.82 Å². The van der Waals surface area contributed by atoms with E-state index in [1.807, 2.05) is 18.3 Å². The number of amides is 1. The number of nitrogens with one attached hydrogen (secondary N) is 1. The van der Waals surface area contributed by atoms with Crippen molar-refractivity contribution in [3.05, 3.63) is 77.2 Å². The van der Waals surface area contributed by atoms with Crippen LogP contribution in [-0.4, -0.2) is 16.4 Å². The summed E-state index contributed by atoms with van der Waals surface area (Å²) in [6.45, 7) is 0. The largest absolute Gasteiger partial charge is 0.347 e. The van der Waals surface area contributed by atoms with Crippen molar-refractivity contribution in [1.82, 2.24) is 10.3 Å². The molecule has 2 aliphatic rings. The van der Waals surface area contributed by atoms with Crippen molar-refractivity contribution in [2.45, 2.75) is 56.4 Å². The number of hydrogen-bond acceptors (Lipinski definition) is 2. The van der Waals surface area contributed by atoms with Gasteiger partial charge in [-0.25, -0.2) is 4.39 Å². The van der Waals surface area contributed by atoms with Crippen molar-refractivity contribution in [2.75, 3.05) is 0 Å². The Morgan fingerprint density at radius 1 is 1.09 bits per heavy atom. The molecule has 0 aliphatic heterocycles. The number of nitrogens with zero attached hydrogens (tertiary/aromatic N) is 1. The van der Waals surface area contributed by atoms with Crippen LogP contribution in [0.25, 0.3) is 10.9 Å². The van der Waals surface area contributed by atoms with Crippen LogP contribution in [0.4, 0.5) is 4.39 Å². The number of fused-ring (bicyclic) bond motifs is 1. The first kappa shape index (κ1) is 20.7. The van der Waals surface area contributed by atoms with Gasteiger partial charge in [0.15, 0.2) is 0 Å². The fraction of sp³-hybridized carbons (Fsp3) is 0.357. The Morgan fingerprint density at radius 3 is 2.53 bits per heavy atom. The lowest BCUT2D eigenvalue weighted by atomic mass is 9.75. The summed E-state index contributed by atoms with van der Waals surface area (Å²) < 4.78 is 13.8. The van der Waals surface area contributed by atoms with Crippen LogP contribution in [0.5, 0.6) is 0 Å². The predicted molar refractivity (Wildman–Crippen MR) is 125 cm³/mol. The van der Waals surface area contributed by atoms with Gasteiger partial charge in [-0.05, 0) is 111 Å². The zero-order valence-corrected chi connectivity index (χ0v) is 18.1. The van der Waals surface area contributed by atoms with E-state index in [-0.39, 0.29) is 17.3 Å². The van der Waals surface area contributed by atoms with E-state index < -0.39 is 0 Å². The smallest absolute Gasteiger partial charge is 0.251 e. The molecule has 3 aromatic rings. The first-order valence-corrected chi connectivity index (χ1v) is 11.5. The second-order valence-electron chi connectivity index (χ2n) is 9.44. The van der Waals surface area contributed by atoms with Gasteiger partial charge in [0.05, 0.1) is 5.52 Å². The molecule has 0 atom stereocenters. The normalized spacial score (nSPS) is 21.6. The van der Waals surface area contributed by atoms with Gasteiger partial charge in [-0.1, -0.05) is 5.92 Å². The summed E-state index contributed by atoms with van der Waals surface area (Å²) >= 11 is 0. The number of halogens is 1. The minimum atomic E-state index is -0.208.